The highest BCUT2D eigenvalue weighted by molar-refractivity contribution is 5.76. The second kappa shape index (κ2) is 60.2. The van der Waals surface area contributed by atoms with Gasteiger partial charge in [-0.1, -0.05) is 309 Å². The van der Waals surface area contributed by atoms with Gasteiger partial charge in [-0.3, -0.25) is 9.59 Å². The van der Waals surface area contributed by atoms with Gasteiger partial charge in [0.05, 0.1) is 25.4 Å². The predicted octanol–water partition coefficient (Wildman–Crippen LogP) is 20.0. The van der Waals surface area contributed by atoms with Crippen LogP contribution < -0.4 is 5.32 Å². The van der Waals surface area contributed by atoms with Crippen molar-refractivity contribution in [3.63, 3.8) is 0 Å². The molecule has 0 aromatic heterocycles. The van der Waals surface area contributed by atoms with E-state index in [1.807, 2.05) is 0 Å². The first kappa shape index (κ1) is 68.6. The lowest BCUT2D eigenvalue weighted by atomic mass is 10.0. The summed E-state index contributed by atoms with van der Waals surface area (Å²) in [7, 11) is 0. The van der Waals surface area contributed by atoms with Crippen LogP contribution in [-0.4, -0.2) is 47.4 Å². The quantitative estimate of drug-likeness (QED) is 0.0321. The zero-order chi connectivity index (χ0) is 50.7. The van der Waals surface area contributed by atoms with Crippen molar-refractivity contribution >= 4 is 11.9 Å². The summed E-state index contributed by atoms with van der Waals surface area (Å²) in [6, 6.07) is -0.550. The van der Waals surface area contributed by atoms with E-state index < -0.39 is 12.1 Å². The summed E-state index contributed by atoms with van der Waals surface area (Å²) in [6.07, 6.45) is 72.2. The molecular weight excluding hydrogens is 863 g/mol. The van der Waals surface area contributed by atoms with Crippen molar-refractivity contribution in [1.29, 1.82) is 0 Å². The minimum atomic E-state index is -0.672. The molecule has 2 atom stereocenters. The number of ether oxygens (including phenoxy) is 1. The maximum absolute atomic E-state index is 12.5. The minimum Gasteiger partial charge on any atom is -0.466 e. The Morgan fingerprint density at radius 1 is 0.386 bits per heavy atom. The van der Waals surface area contributed by atoms with E-state index in [1.165, 1.54) is 276 Å². The summed E-state index contributed by atoms with van der Waals surface area (Å²) in [5.41, 5.74) is 0. The van der Waals surface area contributed by atoms with Crippen LogP contribution in [0.4, 0.5) is 0 Å². The Morgan fingerprint density at radius 3 is 1.01 bits per heavy atom. The lowest BCUT2D eigenvalue weighted by Gasteiger charge is -2.22. The molecule has 6 nitrogen and oxygen atoms in total. The van der Waals surface area contributed by atoms with Gasteiger partial charge in [-0.2, -0.15) is 0 Å². The Hall–Kier alpha value is -1.40. The normalized spacial score (nSPS) is 12.6. The van der Waals surface area contributed by atoms with Crippen LogP contribution in [-0.2, 0) is 14.3 Å². The van der Waals surface area contributed by atoms with Gasteiger partial charge in [0.15, 0.2) is 0 Å². The molecule has 0 saturated carbocycles. The topological polar surface area (TPSA) is 95.9 Å². The third-order valence-electron chi connectivity index (χ3n) is 15.1. The number of aliphatic hydroxyl groups is 2. The van der Waals surface area contributed by atoms with Crippen LogP contribution in [0.1, 0.15) is 361 Å². The van der Waals surface area contributed by atoms with E-state index in [-0.39, 0.29) is 18.5 Å². The van der Waals surface area contributed by atoms with Gasteiger partial charge in [-0.15, -0.1) is 0 Å². The van der Waals surface area contributed by atoms with Crippen LogP contribution in [0.2, 0.25) is 0 Å². The molecule has 1 amide bonds. The number of hydrogen-bond donors (Lipinski definition) is 3. The Balaban J connectivity index is 3.43. The van der Waals surface area contributed by atoms with E-state index in [2.05, 4.69) is 31.3 Å². The molecule has 0 aliphatic heterocycles. The number of unbranched alkanes of at least 4 members (excludes halogenated alkanes) is 47. The summed E-state index contributed by atoms with van der Waals surface area (Å²) in [5.74, 6) is -0.0400. The van der Waals surface area contributed by atoms with Crippen molar-refractivity contribution in [2.75, 3.05) is 13.2 Å². The maximum Gasteiger partial charge on any atom is 0.305 e. The average molecular weight is 989 g/mol. The van der Waals surface area contributed by atoms with E-state index >= 15 is 0 Å². The second-order valence-electron chi connectivity index (χ2n) is 22.1. The summed E-state index contributed by atoms with van der Waals surface area (Å²) >= 11 is 0. The van der Waals surface area contributed by atoms with Crippen molar-refractivity contribution in [3.8, 4) is 0 Å². The molecule has 0 heterocycles. The summed E-state index contributed by atoms with van der Waals surface area (Å²) < 4.78 is 5.49. The smallest absolute Gasteiger partial charge is 0.305 e. The number of rotatable bonds is 60. The number of carbonyl (C=O) groups is 2. The van der Waals surface area contributed by atoms with Crippen LogP contribution in [0.5, 0.6) is 0 Å². The number of aliphatic hydroxyl groups excluding tert-OH is 2. The molecule has 0 saturated heterocycles. The molecule has 0 aromatic rings. The summed E-state index contributed by atoms with van der Waals surface area (Å²) in [5, 5.41) is 23.3. The van der Waals surface area contributed by atoms with Gasteiger partial charge >= 0.3 is 5.97 Å². The number of esters is 1. The zero-order valence-electron chi connectivity index (χ0n) is 47.5. The molecule has 3 N–H and O–H groups in total. The molecule has 416 valence electrons. The lowest BCUT2D eigenvalue weighted by Crippen LogP contribution is -2.45. The average Bonchev–Trinajstić information content (AvgIpc) is 3.36. The van der Waals surface area contributed by atoms with Crippen LogP contribution >= 0.6 is 0 Å². The molecule has 0 rings (SSSR count). The van der Waals surface area contributed by atoms with Gasteiger partial charge < -0.3 is 20.3 Å². The van der Waals surface area contributed by atoms with Gasteiger partial charge in [-0.05, 0) is 51.4 Å². The third-order valence-corrected chi connectivity index (χ3v) is 15.1. The molecule has 0 bridgehead atoms. The van der Waals surface area contributed by atoms with Crippen molar-refractivity contribution < 1.29 is 24.5 Å². The van der Waals surface area contributed by atoms with Crippen molar-refractivity contribution in [2.24, 2.45) is 0 Å². The van der Waals surface area contributed by atoms with Gasteiger partial charge in [-0.25, -0.2) is 0 Å². The number of carbonyl (C=O) groups excluding carboxylic acids is 2. The largest absolute Gasteiger partial charge is 0.466 e. The first-order chi connectivity index (χ1) is 34.5. The van der Waals surface area contributed by atoms with Gasteiger partial charge in [0.2, 0.25) is 5.91 Å². The van der Waals surface area contributed by atoms with Crippen LogP contribution in [0.15, 0.2) is 12.2 Å². The predicted molar refractivity (Wildman–Crippen MR) is 306 cm³/mol. The van der Waals surface area contributed by atoms with Crippen LogP contribution in [0, 0.1) is 0 Å². The molecule has 0 radical (unpaired) electrons. The van der Waals surface area contributed by atoms with E-state index in [1.54, 1.807) is 0 Å². The molecule has 0 aromatic carbocycles. The van der Waals surface area contributed by atoms with Crippen LogP contribution in [0.25, 0.3) is 0 Å². The fourth-order valence-electron chi connectivity index (χ4n) is 10.2. The van der Waals surface area contributed by atoms with E-state index in [9.17, 15) is 19.8 Å². The fraction of sp³-hybridized carbons (Fsp3) is 0.938. The Morgan fingerprint density at radius 2 is 0.671 bits per heavy atom. The van der Waals surface area contributed by atoms with Crippen molar-refractivity contribution in [1.82, 2.24) is 5.32 Å². The Labute approximate surface area is 438 Å². The molecule has 6 heteroatoms. The van der Waals surface area contributed by atoms with E-state index in [4.69, 9.17) is 4.74 Å². The van der Waals surface area contributed by atoms with E-state index in [0.29, 0.717) is 25.9 Å². The first-order valence-electron chi connectivity index (χ1n) is 31.9. The molecule has 0 aliphatic rings. The highest BCUT2D eigenvalue weighted by Crippen LogP contribution is 2.18. The highest BCUT2D eigenvalue weighted by Gasteiger charge is 2.20. The standard InChI is InChI=1S/C64H125NO5/c1-3-5-7-9-11-13-15-17-19-21-22-25-28-32-36-40-44-48-52-56-62(67)61(60-66)65-63(68)57-53-49-45-41-37-33-29-26-23-27-31-35-39-43-47-51-55-59-70-64(69)58-54-50-46-42-38-34-30-24-20-18-16-14-12-10-8-6-4-2/h23,27,61-62,66-67H,3-22,24-26,28-60H2,1-2H3,(H,65,68)/b27-23-. The SMILES string of the molecule is CCCCCCCCCCCCCCCCCCCCCC(O)C(CO)NC(=O)CCCCCCCCC/C=C\CCCCCCCCOC(=O)CCCCCCCCCCCCCCCCCCC. The van der Waals surface area contributed by atoms with Crippen molar-refractivity contribution in [2.45, 2.75) is 373 Å². The molecule has 2 unspecified atom stereocenters. The molecular formula is C64H125NO5. The lowest BCUT2D eigenvalue weighted by molar-refractivity contribution is -0.143. The Kier molecular flexibility index (Phi) is 59.0. The summed E-state index contributed by atoms with van der Waals surface area (Å²) in [4.78, 5) is 24.6. The van der Waals surface area contributed by atoms with Gasteiger partial charge in [0.1, 0.15) is 0 Å². The number of nitrogens with one attached hydrogen (secondary N) is 1. The van der Waals surface area contributed by atoms with Crippen molar-refractivity contribution in [3.05, 3.63) is 12.2 Å². The number of amides is 1. The molecule has 0 aliphatic carbocycles. The van der Waals surface area contributed by atoms with Gasteiger partial charge in [0.25, 0.3) is 0 Å². The third kappa shape index (κ3) is 55.9. The van der Waals surface area contributed by atoms with Gasteiger partial charge in [0, 0.05) is 12.8 Å². The Bertz CT molecular complexity index is 1050. The molecule has 0 fully saturated rings. The van der Waals surface area contributed by atoms with E-state index in [0.717, 1.165) is 51.4 Å². The first-order valence-corrected chi connectivity index (χ1v) is 31.9. The van der Waals surface area contributed by atoms with Crippen LogP contribution in [0.3, 0.4) is 0 Å². The zero-order valence-corrected chi connectivity index (χ0v) is 47.5. The molecule has 70 heavy (non-hydrogen) atoms. The number of hydrogen-bond acceptors (Lipinski definition) is 5. The number of allylic oxidation sites excluding steroid dienone is 2. The second-order valence-corrected chi connectivity index (χ2v) is 22.1. The molecule has 0 spiro atoms. The fourth-order valence-corrected chi connectivity index (χ4v) is 10.2. The highest BCUT2D eigenvalue weighted by atomic mass is 16.5. The maximum atomic E-state index is 12.5. The summed E-state index contributed by atoms with van der Waals surface area (Å²) in [6.45, 7) is 4.97. The monoisotopic (exact) mass is 988 g/mol. The minimum absolute atomic E-state index is 0.00319.